The molecule has 0 aliphatic rings. The Bertz CT molecular complexity index is 1110. The Morgan fingerprint density at radius 3 is 2.59 bits per heavy atom. The fraction of sp³-hybridized carbons (Fsp3) is 0.111. The molecule has 0 spiro atoms. The summed E-state index contributed by atoms with van der Waals surface area (Å²) < 4.78 is 49.5. The van der Waals surface area contributed by atoms with Crippen molar-refractivity contribution in [1.82, 2.24) is 14.9 Å². The Kier molecular flexibility index (Phi) is 5.78. The van der Waals surface area contributed by atoms with Gasteiger partial charge in [0.05, 0.1) is 18.9 Å². The molecule has 3 rings (SSSR count). The van der Waals surface area contributed by atoms with Crippen LogP contribution in [0.15, 0.2) is 53.6 Å². The van der Waals surface area contributed by atoms with Gasteiger partial charge < -0.3 is 9.47 Å². The fourth-order valence-corrected chi connectivity index (χ4v) is 2.47. The predicted octanol–water partition coefficient (Wildman–Crippen LogP) is 4.07. The number of benzene rings is 2. The molecule has 1 heterocycles. The Morgan fingerprint density at radius 1 is 1.21 bits per heavy atom. The summed E-state index contributed by atoms with van der Waals surface area (Å²) in [5.74, 6) is -1.51. The number of carbonyl (C=O) groups is 1. The zero-order valence-corrected chi connectivity index (χ0v) is 15.6. The van der Waals surface area contributed by atoms with Crippen LogP contribution < -0.4 is 9.47 Å². The van der Waals surface area contributed by atoms with Crippen LogP contribution in [0.3, 0.4) is 0 Å². The minimum atomic E-state index is -4.72. The molecule has 3 aromatic rings. The van der Waals surface area contributed by atoms with Gasteiger partial charge in [-0.3, -0.25) is 0 Å². The molecule has 0 aliphatic heterocycles. The summed E-state index contributed by atoms with van der Waals surface area (Å²) in [7, 11) is 1.37. The van der Waals surface area contributed by atoms with E-state index in [1.807, 2.05) is 0 Å². The Balaban J connectivity index is 1.85. The average molecular weight is 422 g/mol. The summed E-state index contributed by atoms with van der Waals surface area (Å²) in [4.78, 5) is 12.2. The fourth-order valence-electron chi connectivity index (χ4n) is 2.29. The maximum Gasteiger partial charge on any atom is 0.453 e. The van der Waals surface area contributed by atoms with E-state index in [1.165, 1.54) is 25.3 Å². The first-order valence-corrected chi connectivity index (χ1v) is 8.44. The van der Waals surface area contributed by atoms with E-state index >= 15 is 0 Å². The zero-order valence-electron chi connectivity index (χ0n) is 14.8. The molecule has 0 aliphatic carbocycles. The second-order valence-electron chi connectivity index (χ2n) is 5.57. The van der Waals surface area contributed by atoms with Gasteiger partial charge >= 0.3 is 12.1 Å². The minimum Gasteiger partial charge on any atom is -0.493 e. The van der Waals surface area contributed by atoms with Gasteiger partial charge in [0.1, 0.15) is 0 Å². The normalized spacial score (nSPS) is 11.6. The Labute approximate surface area is 167 Å². The highest BCUT2D eigenvalue weighted by molar-refractivity contribution is 7.71. The molecule has 150 valence electrons. The maximum atomic E-state index is 12.9. The Morgan fingerprint density at radius 2 is 1.93 bits per heavy atom. The molecule has 2 aromatic carbocycles. The van der Waals surface area contributed by atoms with Gasteiger partial charge in [0.15, 0.2) is 11.5 Å². The van der Waals surface area contributed by atoms with Crippen molar-refractivity contribution in [2.24, 2.45) is 5.10 Å². The first kappa shape index (κ1) is 20.3. The van der Waals surface area contributed by atoms with Crippen molar-refractivity contribution in [3.05, 3.63) is 70.3 Å². The number of aromatic nitrogens is 3. The monoisotopic (exact) mass is 422 g/mol. The smallest absolute Gasteiger partial charge is 0.453 e. The lowest BCUT2D eigenvalue weighted by molar-refractivity contribution is -0.147. The number of nitrogens with zero attached hydrogens (tertiary/aromatic N) is 3. The third-order valence-corrected chi connectivity index (χ3v) is 3.89. The maximum absolute atomic E-state index is 12.9. The molecular formula is C18H13F3N4O3S. The van der Waals surface area contributed by atoms with Gasteiger partial charge in [-0.15, -0.1) is 5.10 Å². The molecule has 0 unspecified atom stereocenters. The lowest BCUT2D eigenvalue weighted by Crippen LogP contribution is -2.12. The van der Waals surface area contributed by atoms with Gasteiger partial charge in [-0.1, -0.05) is 18.2 Å². The van der Waals surface area contributed by atoms with Crippen molar-refractivity contribution in [3.8, 4) is 11.5 Å². The van der Waals surface area contributed by atoms with E-state index in [2.05, 4.69) is 15.3 Å². The number of esters is 1. The molecule has 7 nitrogen and oxygen atoms in total. The van der Waals surface area contributed by atoms with Crippen molar-refractivity contribution in [2.45, 2.75) is 6.18 Å². The number of nitrogens with one attached hydrogen (secondary N) is 1. The summed E-state index contributed by atoms with van der Waals surface area (Å²) in [6.07, 6.45) is -3.58. The lowest BCUT2D eigenvalue weighted by Gasteiger charge is -2.10. The van der Waals surface area contributed by atoms with E-state index in [0.717, 1.165) is 6.21 Å². The van der Waals surface area contributed by atoms with Crippen LogP contribution in [0, 0.1) is 4.77 Å². The molecule has 1 aromatic heterocycles. The molecule has 11 heteroatoms. The van der Waals surface area contributed by atoms with Crippen LogP contribution in [0.25, 0.3) is 0 Å². The summed E-state index contributed by atoms with van der Waals surface area (Å²) in [6, 6.07) is 12.8. The number of methoxy groups -OCH3 is 1. The SMILES string of the molecule is COc1cc(/C=N\n2c(C(F)(F)F)n[nH]c2=S)ccc1OC(=O)c1ccccc1. The standard InChI is InChI=1S/C18H13F3N4O3S/c1-27-14-9-11(10-22-25-16(18(19,20)21)23-24-17(25)29)7-8-13(14)28-15(26)12-5-3-2-4-6-12/h2-10H,1H3,(H,24,29)/b22-10-. The quantitative estimate of drug-likeness (QED) is 0.290. The molecule has 0 radical (unpaired) electrons. The molecule has 29 heavy (non-hydrogen) atoms. The molecular weight excluding hydrogens is 409 g/mol. The van der Waals surface area contributed by atoms with Crippen LogP contribution in [0.4, 0.5) is 13.2 Å². The summed E-state index contributed by atoms with van der Waals surface area (Å²) >= 11 is 4.77. The third kappa shape index (κ3) is 4.69. The number of hydrogen-bond donors (Lipinski definition) is 1. The molecule has 0 fully saturated rings. The molecule has 0 bridgehead atoms. The summed E-state index contributed by atoms with van der Waals surface area (Å²) in [5, 5.41) is 8.91. The van der Waals surface area contributed by atoms with E-state index in [-0.39, 0.29) is 16.3 Å². The van der Waals surface area contributed by atoms with E-state index in [1.54, 1.807) is 30.3 Å². The number of carbonyl (C=O) groups excluding carboxylic acids is 1. The predicted molar refractivity (Wildman–Crippen MR) is 99.8 cm³/mol. The largest absolute Gasteiger partial charge is 0.493 e. The highest BCUT2D eigenvalue weighted by Crippen LogP contribution is 2.29. The van der Waals surface area contributed by atoms with Crippen LogP contribution >= 0.6 is 12.2 Å². The van der Waals surface area contributed by atoms with Gasteiger partial charge in [-0.2, -0.15) is 22.9 Å². The van der Waals surface area contributed by atoms with E-state index in [9.17, 15) is 18.0 Å². The molecule has 0 saturated carbocycles. The number of alkyl halides is 3. The van der Waals surface area contributed by atoms with Gasteiger partial charge in [-0.25, -0.2) is 9.89 Å². The second-order valence-corrected chi connectivity index (χ2v) is 5.96. The van der Waals surface area contributed by atoms with Crippen LogP contribution in [0.2, 0.25) is 0 Å². The minimum absolute atomic E-state index is 0.148. The van der Waals surface area contributed by atoms with Crippen LogP contribution in [0.5, 0.6) is 11.5 Å². The molecule has 0 amide bonds. The number of hydrogen-bond acceptors (Lipinski definition) is 6. The highest BCUT2D eigenvalue weighted by atomic mass is 32.1. The average Bonchev–Trinajstić information content (AvgIpc) is 3.08. The molecule has 1 N–H and O–H groups in total. The van der Waals surface area contributed by atoms with E-state index in [0.29, 0.717) is 15.8 Å². The molecule has 0 atom stereocenters. The summed E-state index contributed by atoms with van der Waals surface area (Å²) in [6.45, 7) is 0. The van der Waals surface area contributed by atoms with Gasteiger partial charge in [0, 0.05) is 0 Å². The third-order valence-electron chi connectivity index (χ3n) is 3.63. The topological polar surface area (TPSA) is 81.5 Å². The first-order chi connectivity index (χ1) is 13.8. The number of rotatable bonds is 5. The van der Waals surface area contributed by atoms with Gasteiger partial charge in [0.2, 0.25) is 4.77 Å². The number of ether oxygens (including phenoxy) is 2. The highest BCUT2D eigenvalue weighted by Gasteiger charge is 2.37. The van der Waals surface area contributed by atoms with Gasteiger partial charge in [0.25, 0.3) is 5.82 Å². The van der Waals surface area contributed by atoms with E-state index < -0.39 is 18.0 Å². The van der Waals surface area contributed by atoms with Crippen LogP contribution in [-0.2, 0) is 6.18 Å². The van der Waals surface area contributed by atoms with E-state index in [4.69, 9.17) is 21.7 Å². The summed E-state index contributed by atoms with van der Waals surface area (Å²) in [5.41, 5.74) is 0.742. The molecule has 0 saturated heterocycles. The number of H-pyrrole nitrogens is 1. The van der Waals surface area contributed by atoms with Crippen molar-refractivity contribution < 1.29 is 27.4 Å². The van der Waals surface area contributed by atoms with Gasteiger partial charge in [-0.05, 0) is 48.1 Å². The number of halogens is 3. The van der Waals surface area contributed by atoms with Crippen molar-refractivity contribution >= 4 is 24.4 Å². The zero-order chi connectivity index (χ0) is 21.0. The Hall–Kier alpha value is -3.47. The lowest BCUT2D eigenvalue weighted by atomic mass is 10.2. The van der Waals surface area contributed by atoms with Crippen molar-refractivity contribution in [2.75, 3.05) is 7.11 Å². The van der Waals surface area contributed by atoms with Crippen LogP contribution in [0.1, 0.15) is 21.7 Å². The van der Waals surface area contributed by atoms with Crippen LogP contribution in [-0.4, -0.2) is 34.2 Å². The number of aromatic amines is 1. The first-order valence-electron chi connectivity index (χ1n) is 8.04. The second kappa shape index (κ2) is 8.27. The van der Waals surface area contributed by atoms with Crippen molar-refractivity contribution in [3.63, 3.8) is 0 Å². The van der Waals surface area contributed by atoms with Crippen molar-refractivity contribution in [1.29, 1.82) is 0 Å².